The number of benzene rings is 3. The smallest absolute Gasteiger partial charge is 0.175 e. The van der Waals surface area contributed by atoms with Gasteiger partial charge < -0.3 is 0 Å². The van der Waals surface area contributed by atoms with Gasteiger partial charge in [-0.05, 0) is 53.9 Å². The van der Waals surface area contributed by atoms with Gasteiger partial charge in [-0.25, -0.2) is 17.8 Å². The number of rotatable bonds is 6. The molecule has 4 aromatic rings. The van der Waals surface area contributed by atoms with Crippen molar-refractivity contribution >= 4 is 21.2 Å². The second-order valence-electron chi connectivity index (χ2n) is 7.07. The molecule has 152 valence electrons. The number of nitrogens with zero attached hydrogens (tertiary/aromatic N) is 1. The van der Waals surface area contributed by atoms with Gasteiger partial charge in [0.1, 0.15) is 5.82 Å². The van der Waals surface area contributed by atoms with Crippen LogP contribution >= 0.6 is 11.3 Å². The van der Waals surface area contributed by atoms with Crippen LogP contribution in [0.25, 0.3) is 21.7 Å². The van der Waals surface area contributed by atoms with E-state index in [1.807, 2.05) is 18.2 Å². The van der Waals surface area contributed by atoms with E-state index in [2.05, 4.69) is 12.1 Å². The van der Waals surface area contributed by atoms with Crippen molar-refractivity contribution in [3.8, 4) is 21.7 Å². The van der Waals surface area contributed by atoms with Crippen LogP contribution in [0.3, 0.4) is 0 Å². The summed E-state index contributed by atoms with van der Waals surface area (Å²) < 4.78 is 37.0. The number of hydrogen-bond acceptors (Lipinski definition) is 4. The second kappa shape index (κ2) is 8.50. The maximum Gasteiger partial charge on any atom is 0.175 e. The molecule has 30 heavy (non-hydrogen) atoms. The molecule has 0 bridgehead atoms. The highest BCUT2D eigenvalue weighted by molar-refractivity contribution is 7.90. The summed E-state index contributed by atoms with van der Waals surface area (Å²) in [6.45, 7) is 0. The fourth-order valence-electron chi connectivity index (χ4n) is 3.22. The Morgan fingerprint density at radius 1 is 0.833 bits per heavy atom. The van der Waals surface area contributed by atoms with Crippen molar-refractivity contribution < 1.29 is 12.8 Å². The van der Waals surface area contributed by atoms with E-state index in [1.165, 1.54) is 24.0 Å². The molecule has 0 radical (unpaired) electrons. The Morgan fingerprint density at radius 2 is 1.47 bits per heavy atom. The predicted octanol–water partition coefficient (Wildman–Crippen LogP) is 5.80. The summed E-state index contributed by atoms with van der Waals surface area (Å²) in [7, 11) is -3.26. The molecule has 0 atom stereocenters. The Labute approximate surface area is 179 Å². The zero-order valence-electron chi connectivity index (χ0n) is 16.4. The minimum Gasteiger partial charge on any atom is -0.241 e. The SMILES string of the molecule is CS(=O)(=O)c1ccc(-c2sc(CCc3ccccc3)nc2-c2ccc(F)cc2)cc1. The summed E-state index contributed by atoms with van der Waals surface area (Å²) in [5, 5.41) is 0.986. The highest BCUT2D eigenvalue weighted by atomic mass is 32.2. The first-order valence-corrected chi connectivity index (χ1v) is 12.2. The van der Waals surface area contributed by atoms with Gasteiger partial charge in [-0.2, -0.15) is 0 Å². The average molecular weight is 438 g/mol. The number of aryl methyl sites for hydroxylation is 2. The lowest BCUT2D eigenvalue weighted by atomic mass is 10.1. The van der Waals surface area contributed by atoms with Gasteiger partial charge in [-0.3, -0.25) is 0 Å². The number of halogens is 1. The van der Waals surface area contributed by atoms with Crippen LogP contribution < -0.4 is 0 Å². The maximum absolute atomic E-state index is 13.4. The van der Waals surface area contributed by atoms with E-state index in [0.717, 1.165) is 39.5 Å². The lowest BCUT2D eigenvalue weighted by Crippen LogP contribution is -1.96. The molecule has 0 spiro atoms. The molecular weight excluding hydrogens is 417 g/mol. The quantitative estimate of drug-likeness (QED) is 0.383. The minimum atomic E-state index is -3.26. The van der Waals surface area contributed by atoms with Crippen molar-refractivity contribution in [1.29, 1.82) is 0 Å². The summed E-state index contributed by atoms with van der Waals surface area (Å²) in [4.78, 5) is 6.08. The molecule has 0 aliphatic heterocycles. The van der Waals surface area contributed by atoms with Gasteiger partial charge >= 0.3 is 0 Å². The van der Waals surface area contributed by atoms with Crippen LogP contribution in [-0.4, -0.2) is 19.7 Å². The molecule has 0 aliphatic carbocycles. The molecule has 3 aromatic carbocycles. The topological polar surface area (TPSA) is 47.0 Å². The lowest BCUT2D eigenvalue weighted by molar-refractivity contribution is 0.602. The van der Waals surface area contributed by atoms with Crippen LogP contribution in [0.2, 0.25) is 0 Å². The van der Waals surface area contributed by atoms with E-state index >= 15 is 0 Å². The number of sulfone groups is 1. The van der Waals surface area contributed by atoms with E-state index in [-0.39, 0.29) is 10.7 Å². The van der Waals surface area contributed by atoms with Gasteiger partial charge in [-0.1, -0.05) is 42.5 Å². The third-order valence-electron chi connectivity index (χ3n) is 4.80. The molecule has 1 heterocycles. The van der Waals surface area contributed by atoms with E-state index in [4.69, 9.17) is 4.98 Å². The largest absolute Gasteiger partial charge is 0.241 e. The molecule has 6 heteroatoms. The van der Waals surface area contributed by atoms with Crippen molar-refractivity contribution in [2.24, 2.45) is 0 Å². The first-order valence-electron chi connectivity index (χ1n) is 9.50. The first kappa shape index (κ1) is 20.4. The van der Waals surface area contributed by atoms with E-state index in [9.17, 15) is 12.8 Å². The zero-order valence-corrected chi connectivity index (χ0v) is 18.0. The zero-order chi connectivity index (χ0) is 21.1. The normalized spacial score (nSPS) is 11.5. The third-order valence-corrected chi connectivity index (χ3v) is 7.10. The number of thiazole rings is 1. The molecule has 0 fully saturated rings. The Morgan fingerprint density at radius 3 is 2.10 bits per heavy atom. The molecule has 0 unspecified atom stereocenters. The fraction of sp³-hybridized carbons (Fsp3) is 0.125. The highest BCUT2D eigenvalue weighted by Crippen LogP contribution is 2.37. The Kier molecular flexibility index (Phi) is 5.79. The van der Waals surface area contributed by atoms with Gasteiger partial charge in [0.2, 0.25) is 0 Å². The second-order valence-corrected chi connectivity index (χ2v) is 10.2. The monoisotopic (exact) mass is 437 g/mol. The van der Waals surface area contributed by atoms with Gasteiger partial charge in [0.05, 0.1) is 20.5 Å². The molecular formula is C24H20FNO2S2. The molecule has 0 amide bonds. The molecule has 3 nitrogen and oxygen atoms in total. The van der Waals surface area contributed by atoms with Gasteiger partial charge in [0, 0.05) is 18.2 Å². The highest BCUT2D eigenvalue weighted by Gasteiger charge is 2.16. The fourth-order valence-corrected chi connectivity index (χ4v) is 4.94. The molecule has 0 saturated heterocycles. The van der Waals surface area contributed by atoms with Crippen LogP contribution in [0.15, 0.2) is 83.8 Å². The minimum absolute atomic E-state index is 0.281. The third kappa shape index (κ3) is 4.66. The van der Waals surface area contributed by atoms with Crippen molar-refractivity contribution in [1.82, 2.24) is 4.98 Å². The standard InChI is InChI=1S/C24H20FNO2S2/c1-30(27,28)21-14-10-19(11-15-21)24-23(18-8-12-20(25)13-9-18)26-22(29-24)16-7-17-5-3-2-4-6-17/h2-6,8-15H,7,16H2,1H3. The summed E-state index contributed by atoms with van der Waals surface area (Å²) in [5.41, 5.74) is 3.76. The van der Waals surface area contributed by atoms with Gasteiger partial charge in [0.15, 0.2) is 9.84 Å². The first-order chi connectivity index (χ1) is 14.4. The Hall–Kier alpha value is -2.83. The van der Waals surface area contributed by atoms with E-state index in [0.29, 0.717) is 0 Å². The van der Waals surface area contributed by atoms with Crippen LogP contribution in [0.4, 0.5) is 4.39 Å². The molecule has 1 aromatic heterocycles. The van der Waals surface area contributed by atoms with Crippen LogP contribution in [-0.2, 0) is 22.7 Å². The van der Waals surface area contributed by atoms with E-state index < -0.39 is 9.84 Å². The molecule has 4 rings (SSSR count). The van der Waals surface area contributed by atoms with Crippen LogP contribution in [0, 0.1) is 5.82 Å². The van der Waals surface area contributed by atoms with Gasteiger partial charge in [-0.15, -0.1) is 11.3 Å². The summed E-state index contributed by atoms with van der Waals surface area (Å²) in [5.74, 6) is -0.294. The van der Waals surface area contributed by atoms with E-state index in [1.54, 1.807) is 47.7 Å². The van der Waals surface area contributed by atoms with Gasteiger partial charge in [0.25, 0.3) is 0 Å². The lowest BCUT2D eigenvalue weighted by Gasteiger charge is -2.04. The Bertz CT molecular complexity index is 1250. The number of hydrogen-bond donors (Lipinski definition) is 0. The average Bonchev–Trinajstić information content (AvgIpc) is 3.17. The molecule has 0 N–H and O–H groups in total. The van der Waals surface area contributed by atoms with Crippen molar-refractivity contribution in [2.75, 3.05) is 6.26 Å². The molecule has 0 saturated carbocycles. The maximum atomic E-state index is 13.4. The molecule has 0 aliphatic rings. The van der Waals surface area contributed by atoms with Crippen molar-refractivity contribution in [3.63, 3.8) is 0 Å². The summed E-state index contributed by atoms with van der Waals surface area (Å²) in [6.07, 6.45) is 2.87. The number of aromatic nitrogens is 1. The van der Waals surface area contributed by atoms with Crippen LogP contribution in [0.1, 0.15) is 10.6 Å². The summed E-state index contributed by atoms with van der Waals surface area (Å²) in [6, 6.07) is 23.4. The van der Waals surface area contributed by atoms with Crippen molar-refractivity contribution in [2.45, 2.75) is 17.7 Å². The van der Waals surface area contributed by atoms with Crippen molar-refractivity contribution in [3.05, 3.63) is 95.3 Å². The predicted molar refractivity (Wildman–Crippen MR) is 120 cm³/mol. The summed E-state index contributed by atoms with van der Waals surface area (Å²) >= 11 is 1.59. The van der Waals surface area contributed by atoms with Crippen LogP contribution in [0.5, 0.6) is 0 Å². The Balaban J connectivity index is 1.71.